The topological polar surface area (TPSA) is 84.2 Å². The Balaban J connectivity index is 1.42. The van der Waals surface area contributed by atoms with Crippen molar-refractivity contribution in [1.29, 1.82) is 0 Å². The lowest BCUT2D eigenvalue weighted by Crippen LogP contribution is -2.43. The summed E-state index contributed by atoms with van der Waals surface area (Å²) < 4.78 is 19.1. The van der Waals surface area contributed by atoms with Crippen molar-refractivity contribution in [2.75, 3.05) is 25.0 Å². The Kier molecular flexibility index (Phi) is 5.27. The summed E-state index contributed by atoms with van der Waals surface area (Å²) in [5.74, 6) is 0.900. The first-order valence-corrected chi connectivity index (χ1v) is 9.75. The number of aromatic nitrogens is 3. The number of oxazole rings is 1. The predicted octanol–water partition coefficient (Wildman–Crippen LogP) is 3.68. The first kappa shape index (κ1) is 19.4. The molecule has 0 aliphatic carbocycles. The number of alkyl halides is 1. The Morgan fingerprint density at radius 2 is 2.10 bits per heavy atom. The summed E-state index contributed by atoms with van der Waals surface area (Å²) in [6.45, 7) is 5.00. The second-order valence-corrected chi connectivity index (χ2v) is 8.08. The zero-order valence-corrected chi connectivity index (χ0v) is 16.6. The summed E-state index contributed by atoms with van der Waals surface area (Å²) in [7, 11) is 0. The third kappa shape index (κ3) is 4.76. The smallest absolute Gasteiger partial charge is 0.228 e. The molecule has 0 saturated carbocycles. The Morgan fingerprint density at radius 3 is 2.79 bits per heavy atom. The maximum absolute atomic E-state index is 13.8. The SMILES string of the molecule is CC(C)(F)CN1CCC(C(=O)Nc2cc3nc(-c4cnco4)ccc3cn2)CC1. The zero-order valence-electron chi connectivity index (χ0n) is 16.6. The van der Waals surface area contributed by atoms with E-state index in [1.165, 1.54) is 6.39 Å². The van der Waals surface area contributed by atoms with E-state index in [0.29, 0.717) is 42.2 Å². The summed E-state index contributed by atoms with van der Waals surface area (Å²) in [6, 6.07) is 5.50. The van der Waals surface area contributed by atoms with E-state index in [0.717, 1.165) is 18.5 Å². The average Bonchev–Trinajstić information content (AvgIpc) is 3.21. The summed E-state index contributed by atoms with van der Waals surface area (Å²) in [5.41, 5.74) is 0.160. The zero-order chi connectivity index (χ0) is 20.4. The predicted molar refractivity (Wildman–Crippen MR) is 108 cm³/mol. The molecule has 1 saturated heterocycles. The number of nitrogens with zero attached hydrogens (tertiary/aromatic N) is 4. The van der Waals surface area contributed by atoms with E-state index >= 15 is 0 Å². The number of halogens is 1. The van der Waals surface area contributed by atoms with Crippen molar-refractivity contribution in [3.05, 3.63) is 37.0 Å². The van der Waals surface area contributed by atoms with Crippen LogP contribution in [0.5, 0.6) is 0 Å². The van der Waals surface area contributed by atoms with Gasteiger partial charge in [0.25, 0.3) is 0 Å². The van der Waals surface area contributed by atoms with Crippen molar-refractivity contribution in [2.24, 2.45) is 5.92 Å². The molecule has 152 valence electrons. The molecule has 0 bridgehead atoms. The summed E-state index contributed by atoms with van der Waals surface area (Å²) >= 11 is 0. The van der Waals surface area contributed by atoms with Crippen molar-refractivity contribution in [3.63, 3.8) is 0 Å². The van der Waals surface area contributed by atoms with Gasteiger partial charge in [-0.15, -0.1) is 0 Å². The van der Waals surface area contributed by atoms with Gasteiger partial charge in [0.1, 0.15) is 17.2 Å². The van der Waals surface area contributed by atoms with Crippen LogP contribution < -0.4 is 5.32 Å². The second-order valence-electron chi connectivity index (χ2n) is 8.08. The normalized spacial score (nSPS) is 16.2. The van der Waals surface area contributed by atoms with E-state index < -0.39 is 5.67 Å². The van der Waals surface area contributed by atoms with Crippen LogP contribution in [0.3, 0.4) is 0 Å². The van der Waals surface area contributed by atoms with Crippen LogP contribution in [0.25, 0.3) is 22.4 Å². The molecule has 0 aromatic carbocycles. The van der Waals surface area contributed by atoms with Crippen molar-refractivity contribution in [3.8, 4) is 11.5 Å². The third-order valence-corrected chi connectivity index (χ3v) is 5.07. The first-order valence-electron chi connectivity index (χ1n) is 9.75. The molecule has 3 aromatic heterocycles. The number of amides is 1. The van der Waals surface area contributed by atoms with Crippen molar-refractivity contribution in [2.45, 2.75) is 32.4 Å². The average molecular weight is 397 g/mol. The van der Waals surface area contributed by atoms with Gasteiger partial charge in [-0.05, 0) is 51.9 Å². The van der Waals surface area contributed by atoms with Crippen LogP contribution in [-0.4, -0.2) is 51.1 Å². The number of hydrogen-bond donors (Lipinski definition) is 1. The van der Waals surface area contributed by atoms with Gasteiger partial charge in [-0.1, -0.05) is 0 Å². The molecular formula is C21H24FN5O2. The molecule has 8 heteroatoms. The van der Waals surface area contributed by atoms with Crippen LogP contribution in [0, 0.1) is 5.92 Å². The van der Waals surface area contributed by atoms with E-state index in [2.05, 4.69) is 25.2 Å². The largest absolute Gasteiger partial charge is 0.442 e. The molecule has 29 heavy (non-hydrogen) atoms. The number of likely N-dealkylation sites (tertiary alicyclic amines) is 1. The van der Waals surface area contributed by atoms with Crippen LogP contribution in [0.2, 0.25) is 0 Å². The third-order valence-electron chi connectivity index (χ3n) is 5.07. The van der Waals surface area contributed by atoms with Gasteiger partial charge in [0, 0.05) is 30.1 Å². The number of carbonyl (C=O) groups excluding carboxylic acids is 1. The number of rotatable bonds is 5. The van der Waals surface area contributed by atoms with E-state index in [1.807, 2.05) is 12.1 Å². The number of piperidine rings is 1. The van der Waals surface area contributed by atoms with Crippen LogP contribution in [-0.2, 0) is 4.79 Å². The first-order chi connectivity index (χ1) is 13.9. The van der Waals surface area contributed by atoms with E-state index in [-0.39, 0.29) is 11.8 Å². The lowest BCUT2D eigenvalue weighted by atomic mass is 9.95. The fraction of sp³-hybridized carbons (Fsp3) is 0.429. The van der Waals surface area contributed by atoms with Crippen LogP contribution in [0.15, 0.2) is 41.4 Å². The summed E-state index contributed by atoms with van der Waals surface area (Å²) in [6.07, 6.45) is 6.08. The molecule has 1 aliphatic heterocycles. The number of fused-ring (bicyclic) bond motifs is 1. The monoisotopic (exact) mass is 397 g/mol. The minimum absolute atomic E-state index is 0.0533. The molecule has 7 nitrogen and oxygen atoms in total. The van der Waals surface area contributed by atoms with E-state index in [1.54, 1.807) is 32.3 Å². The highest BCUT2D eigenvalue weighted by atomic mass is 19.1. The molecule has 1 amide bonds. The van der Waals surface area contributed by atoms with Crippen LogP contribution in [0.1, 0.15) is 26.7 Å². The molecule has 4 heterocycles. The maximum Gasteiger partial charge on any atom is 0.228 e. The van der Waals surface area contributed by atoms with Crippen molar-refractivity contribution in [1.82, 2.24) is 19.9 Å². The minimum Gasteiger partial charge on any atom is -0.442 e. The quantitative estimate of drug-likeness (QED) is 0.707. The van der Waals surface area contributed by atoms with Gasteiger partial charge in [0.15, 0.2) is 12.2 Å². The highest BCUT2D eigenvalue weighted by Gasteiger charge is 2.28. The maximum atomic E-state index is 13.8. The lowest BCUT2D eigenvalue weighted by Gasteiger charge is -2.33. The molecular weight excluding hydrogens is 373 g/mol. The fourth-order valence-electron chi connectivity index (χ4n) is 3.68. The highest BCUT2D eigenvalue weighted by Crippen LogP contribution is 2.24. The molecule has 1 fully saturated rings. The summed E-state index contributed by atoms with van der Waals surface area (Å²) in [5, 5.41) is 3.77. The summed E-state index contributed by atoms with van der Waals surface area (Å²) in [4.78, 5) is 27.6. The molecule has 3 aromatic rings. The number of anilines is 1. The minimum atomic E-state index is -1.22. The van der Waals surface area contributed by atoms with Crippen molar-refractivity contribution >= 4 is 22.6 Å². The van der Waals surface area contributed by atoms with Crippen molar-refractivity contribution < 1.29 is 13.6 Å². The molecule has 0 spiro atoms. The standard InChI is InChI=1S/C21H24FN5O2/c1-21(2,22)12-27-7-5-14(6-8-27)20(28)26-19-9-17-15(10-24-19)3-4-16(25-17)18-11-23-13-29-18/h3-4,9-11,13-14H,5-8,12H2,1-2H3,(H,24,26,28). The van der Waals surface area contributed by atoms with Gasteiger partial charge in [0.2, 0.25) is 5.91 Å². The molecule has 0 radical (unpaired) electrons. The molecule has 1 aliphatic rings. The Morgan fingerprint density at radius 1 is 1.31 bits per heavy atom. The van der Waals surface area contributed by atoms with Crippen LogP contribution in [0.4, 0.5) is 10.2 Å². The fourth-order valence-corrected chi connectivity index (χ4v) is 3.68. The van der Waals surface area contributed by atoms with E-state index in [4.69, 9.17) is 4.42 Å². The number of pyridine rings is 2. The Labute approximate surface area is 168 Å². The number of hydrogen-bond acceptors (Lipinski definition) is 6. The van der Waals surface area contributed by atoms with Gasteiger partial charge in [-0.25, -0.2) is 19.3 Å². The van der Waals surface area contributed by atoms with Gasteiger partial charge in [-0.3, -0.25) is 4.79 Å². The second kappa shape index (κ2) is 7.87. The van der Waals surface area contributed by atoms with Crippen LogP contribution >= 0.6 is 0 Å². The molecule has 0 atom stereocenters. The number of carbonyl (C=O) groups is 1. The van der Waals surface area contributed by atoms with Gasteiger partial charge < -0.3 is 14.6 Å². The van der Waals surface area contributed by atoms with Gasteiger partial charge in [0.05, 0.1) is 11.7 Å². The number of nitrogens with one attached hydrogen (secondary N) is 1. The Bertz CT molecular complexity index is 992. The van der Waals surface area contributed by atoms with Gasteiger partial charge >= 0.3 is 0 Å². The Hall–Kier alpha value is -2.87. The highest BCUT2D eigenvalue weighted by molar-refractivity contribution is 5.93. The molecule has 1 N–H and O–H groups in total. The van der Waals surface area contributed by atoms with E-state index in [9.17, 15) is 9.18 Å². The van der Waals surface area contributed by atoms with Gasteiger partial charge in [-0.2, -0.15) is 0 Å². The lowest BCUT2D eigenvalue weighted by molar-refractivity contribution is -0.121. The molecule has 4 rings (SSSR count). The molecule has 0 unspecified atom stereocenters.